The third-order valence-corrected chi connectivity index (χ3v) is 4.74. The van der Waals surface area contributed by atoms with Gasteiger partial charge in [-0.25, -0.2) is 9.97 Å². The van der Waals surface area contributed by atoms with Crippen LogP contribution in [-0.4, -0.2) is 16.5 Å². The van der Waals surface area contributed by atoms with Crippen molar-refractivity contribution in [2.45, 2.75) is 32.2 Å². The molecule has 1 aliphatic heterocycles. The van der Waals surface area contributed by atoms with Gasteiger partial charge in [0.15, 0.2) is 0 Å². The van der Waals surface area contributed by atoms with Crippen LogP contribution in [0.1, 0.15) is 35.3 Å². The topological polar surface area (TPSA) is 37.8 Å². The minimum atomic E-state index is 0.460. The Kier molecular flexibility index (Phi) is 3.22. The number of hydrogen-bond acceptors (Lipinski definition) is 5. The standard InChI is InChI=1S/C12H15N3S2/c1-8-14-10(6-16-8)11-7-17-12(15-11)9-4-2-3-5-13-9/h6-7,9,13H,2-5H2,1H3. The number of hydrogen-bond donors (Lipinski definition) is 1. The second-order valence-electron chi connectivity index (χ2n) is 4.33. The van der Waals surface area contributed by atoms with Crippen molar-refractivity contribution in [3.05, 3.63) is 20.8 Å². The Bertz CT molecular complexity index is 497. The summed E-state index contributed by atoms with van der Waals surface area (Å²) in [5.41, 5.74) is 2.05. The molecule has 0 aliphatic carbocycles. The van der Waals surface area contributed by atoms with Gasteiger partial charge in [-0.3, -0.25) is 0 Å². The van der Waals surface area contributed by atoms with Crippen molar-refractivity contribution < 1.29 is 0 Å². The molecule has 0 amide bonds. The molecule has 0 bridgehead atoms. The minimum Gasteiger partial charge on any atom is -0.308 e. The number of thiazole rings is 2. The first-order valence-electron chi connectivity index (χ1n) is 5.94. The van der Waals surface area contributed by atoms with Crippen molar-refractivity contribution in [1.82, 2.24) is 15.3 Å². The largest absolute Gasteiger partial charge is 0.308 e. The number of nitrogens with zero attached hydrogens (tertiary/aromatic N) is 2. The fourth-order valence-corrected chi connectivity index (χ4v) is 3.64. The van der Waals surface area contributed by atoms with Gasteiger partial charge < -0.3 is 5.32 Å². The molecule has 0 saturated carbocycles. The molecular formula is C12H15N3S2. The third-order valence-electron chi connectivity index (χ3n) is 3.01. The lowest BCUT2D eigenvalue weighted by atomic mass is 10.1. The van der Waals surface area contributed by atoms with Gasteiger partial charge >= 0.3 is 0 Å². The third kappa shape index (κ3) is 2.41. The zero-order valence-corrected chi connectivity index (χ0v) is 11.4. The molecule has 1 N–H and O–H groups in total. The molecule has 1 unspecified atom stereocenters. The van der Waals surface area contributed by atoms with Crippen molar-refractivity contribution in [1.29, 1.82) is 0 Å². The van der Waals surface area contributed by atoms with Crippen LogP contribution < -0.4 is 5.32 Å². The second kappa shape index (κ2) is 4.84. The summed E-state index contributed by atoms with van der Waals surface area (Å²) >= 11 is 3.43. The molecule has 2 aromatic heterocycles. The van der Waals surface area contributed by atoms with Crippen molar-refractivity contribution in [2.75, 3.05) is 6.54 Å². The minimum absolute atomic E-state index is 0.460. The molecule has 0 aromatic carbocycles. The van der Waals surface area contributed by atoms with Crippen molar-refractivity contribution >= 4 is 22.7 Å². The van der Waals surface area contributed by atoms with Crippen molar-refractivity contribution in [3.63, 3.8) is 0 Å². The SMILES string of the molecule is Cc1nc(-c2csc(C3CCCCN3)n2)cs1. The lowest BCUT2D eigenvalue weighted by Gasteiger charge is -2.21. The predicted octanol–water partition coefficient (Wildman–Crippen LogP) is 3.39. The molecule has 0 radical (unpaired) electrons. The maximum Gasteiger partial charge on any atom is 0.110 e. The molecule has 2 aromatic rings. The van der Waals surface area contributed by atoms with E-state index in [1.807, 2.05) is 6.92 Å². The van der Waals surface area contributed by atoms with Gasteiger partial charge in [-0.05, 0) is 26.3 Å². The van der Waals surface area contributed by atoms with Crippen LogP contribution in [0.5, 0.6) is 0 Å². The van der Waals surface area contributed by atoms with Gasteiger partial charge in [0.2, 0.25) is 0 Å². The Balaban J connectivity index is 1.82. The highest BCUT2D eigenvalue weighted by Crippen LogP contribution is 2.29. The summed E-state index contributed by atoms with van der Waals surface area (Å²) in [6.45, 7) is 3.15. The summed E-state index contributed by atoms with van der Waals surface area (Å²) in [7, 11) is 0. The second-order valence-corrected chi connectivity index (χ2v) is 6.28. The van der Waals surface area contributed by atoms with Crippen LogP contribution in [0.4, 0.5) is 0 Å². The fourth-order valence-electron chi connectivity index (χ4n) is 2.11. The highest BCUT2D eigenvalue weighted by atomic mass is 32.1. The van der Waals surface area contributed by atoms with Crippen LogP contribution in [0, 0.1) is 6.92 Å². The molecule has 1 saturated heterocycles. The van der Waals surface area contributed by atoms with Crippen LogP contribution in [-0.2, 0) is 0 Å². The smallest absolute Gasteiger partial charge is 0.110 e. The molecular weight excluding hydrogens is 250 g/mol. The summed E-state index contributed by atoms with van der Waals surface area (Å²) in [6, 6.07) is 0.460. The molecule has 3 heterocycles. The molecule has 1 aliphatic rings. The Morgan fingerprint density at radius 1 is 1.18 bits per heavy atom. The summed E-state index contributed by atoms with van der Waals surface area (Å²) in [6.07, 6.45) is 3.81. The zero-order chi connectivity index (χ0) is 11.7. The van der Waals surface area contributed by atoms with Gasteiger partial charge in [0.25, 0.3) is 0 Å². The van der Waals surface area contributed by atoms with E-state index in [1.165, 1.54) is 24.3 Å². The molecule has 90 valence electrons. The Labute approximate surface area is 109 Å². The van der Waals surface area contributed by atoms with E-state index < -0.39 is 0 Å². The monoisotopic (exact) mass is 265 g/mol. The van der Waals surface area contributed by atoms with Gasteiger partial charge in [0.05, 0.1) is 11.0 Å². The highest BCUT2D eigenvalue weighted by molar-refractivity contribution is 7.10. The molecule has 1 atom stereocenters. The van der Waals surface area contributed by atoms with Crippen LogP contribution in [0.3, 0.4) is 0 Å². The lowest BCUT2D eigenvalue weighted by molar-refractivity contribution is 0.411. The first kappa shape index (κ1) is 11.3. The van der Waals surface area contributed by atoms with Crippen LogP contribution in [0.15, 0.2) is 10.8 Å². The van der Waals surface area contributed by atoms with E-state index in [1.54, 1.807) is 22.7 Å². The Hall–Kier alpha value is -0.780. The Morgan fingerprint density at radius 3 is 2.71 bits per heavy atom. The van der Waals surface area contributed by atoms with E-state index in [2.05, 4.69) is 21.1 Å². The highest BCUT2D eigenvalue weighted by Gasteiger charge is 2.18. The Morgan fingerprint density at radius 2 is 2.00 bits per heavy atom. The normalized spacial score (nSPS) is 20.6. The van der Waals surface area contributed by atoms with Crippen LogP contribution >= 0.6 is 22.7 Å². The molecule has 5 heteroatoms. The molecule has 3 rings (SSSR count). The molecule has 0 spiro atoms. The average Bonchev–Trinajstić information content (AvgIpc) is 2.98. The van der Waals surface area contributed by atoms with E-state index in [-0.39, 0.29) is 0 Å². The van der Waals surface area contributed by atoms with Crippen molar-refractivity contribution in [2.24, 2.45) is 0 Å². The first-order chi connectivity index (χ1) is 8.33. The van der Waals surface area contributed by atoms with E-state index in [9.17, 15) is 0 Å². The average molecular weight is 265 g/mol. The molecule has 3 nitrogen and oxygen atoms in total. The maximum absolute atomic E-state index is 4.72. The summed E-state index contributed by atoms with van der Waals surface area (Å²) < 4.78 is 0. The van der Waals surface area contributed by atoms with E-state index in [0.717, 1.165) is 22.9 Å². The quantitative estimate of drug-likeness (QED) is 0.904. The zero-order valence-electron chi connectivity index (χ0n) is 9.77. The van der Waals surface area contributed by atoms with Crippen LogP contribution in [0.2, 0.25) is 0 Å². The van der Waals surface area contributed by atoms with Gasteiger partial charge in [-0.15, -0.1) is 22.7 Å². The first-order valence-corrected chi connectivity index (χ1v) is 7.70. The van der Waals surface area contributed by atoms with Gasteiger partial charge in [0, 0.05) is 10.8 Å². The lowest BCUT2D eigenvalue weighted by Crippen LogP contribution is -2.26. The van der Waals surface area contributed by atoms with Gasteiger partial charge in [-0.1, -0.05) is 6.42 Å². The fraction of sp³-hybridized carbons (Fsp3) is 0.500. The number of nitrogens with one attached hydrogen (secondary N) is 1. The van der Waals surface area contributed by atoms with E-state index >= 15 is 0 Å². The summed E-state index contributed by atoms with van der Waals surface area (Å²) in [5, 5.41) is 10.1. The van der Waals surface area contributed by atoms with Gasteiger partial charge in [0.1, 0.15) is 16.4 Å². The van der Waals surface area contributed by atoms with Crippen LogP contribution in [0.25, 0.3) is 11.4 Å². The molecule has 1 fully saturated rings. The maximum atomic E-state index is 4.72. The van der Waals surface area contributed by atoms with Gasteiger partial charge in [-0.2, -0.15) is 0 Å². The number of aromatic nitrogens is 2. The number of aryl methyl sites for hydroxylation is 1. The molecule has 17 heavy (non-hydrogen) atoms. The van der Waals surface area contributed by atoms with Crippen molar-refractivity contribution in [3.8, 4) is 11.4 Å². The predicted molar refractivity (Wildman–Crippen MR) is 72.6 cm³/mol. The number of rotatable bonds is 2. The summed E-state index contributed by atoms with van der Waals surface area (Å²) in [4.78, 5) is 9.20. The van der Waals surface area contributed by atoms with E-state index in [0.29, 0.717) is 6.04 Å². The number of piperidine rings is 1. The summed E-state index contributed by atoms with van der Waals surface area (Å²) in [5.74, 6) is 0. The van der Waals surface area contributed by atoms with E-state index in [4.69, 9.17) is 4.98 Å².